The first-order chi connectivity index (χ1) is 13.6. The SMILES string of the molecule is O=C(CC1CCCC1)NC1CCN(c2ccc(F)cc2S(=O)(=O)C(F)(F)F)CC1. The number of hydrogen-bond donors (Lipinski definition) is 1. The lowest BCUT2D eigenvalue weighted by Crippen LogP contribution is -2.45. The maximum absolute atomic E-state index is 13.5. The molecule has 29 heavy (non-hydrogen) atoms. The Hall–Kier alpha value is -1.84. The Morgan fingerprint density at radius 3 is 2.31 bits per heavy atom. The summed E-state index contributed by atoms with van der Waals surface area (Å²) in [4.78, 5) is 12.6. The van der Waals surface area contributed by atoms with Gasteiger partial charge >= 0.3 is 5.51 Å². The average molecular weight is 436 g/mol. The predicted octanol–water partition coefficient (Wildman–Crippen LogP) is 3.78. The molecule has 1 saturated heterocycles. The quantitative estimate of drug-likeness (QED) is 0.714. The molecule has 0 radical (unpaired) electrons. The number of sulfone groups is 1. The van der Waals surface area contributed by atoms with Crippen molar-refractivity contribution in [3.8, 4) is 0 Å². The Morgan fingerprint density at radius 1 is 1.10 bits per heavy atom. The summed E-state index contributed by atoms with van der Waals surface area (Å²) in [6.07, 6.45) is 5.86. The minimum atomic E-state index is -5.68. The van der Waals surface area contributed by atoms with Crippen LogP contribution in [0, 0.1) is 11.7 Å². The predicted molar refractivity (Wildman–Crippen MR) is 99.6 cm³/mol. The molecule has 1 aliphatic heterocycles. The van der Waals surface area contributed by atoms with Gasteiger partial charge in [0.1, 0.15) is 10.7 Å². The van der Waals surface area contributed by atoms with Crippen LogP contribution in [-0.2, 0) is 14.6 Å². The first kappa shape index (κ1) is 21.9. The molecule has 162 valence electrons. The molecule has 10 heteroatoms. The van der Waals surface area contributed by atoms with Crippen LogP contribution in [0.25, 0.3) is 0 Å². The number of alkyl halides is 3. The van der Waals surface area contributed by atoms with Gasteiger partial charge in [-0.2, -0.15) is 13.2 Å². The van der Waals surface area contributed by atoms with Crippen molar-refractivity contribution in [2.75, 3.05) is 18.0 Å². The van der Waals surface area contributed by atoms with Crippen LogP contribution in [0.5, 0.6) is 0 Å². The minimum Gasteiger partial charge on any atom is -0.370 e. The lowest BCUT2D eigenvalue weighted by Gasteiger charge is -2.35. The molecular formula is C19H24F4N2O3S. The van der Waals surface area contributed by atoms with Gasteiger partial charge < -0.3 is 10.2 Å². The van der Waals surface area contributed by atoms with Crippen LogP contribution in [-0.4, -0.2) is 39.0 Å². The summed E-state index contributed by atoms with van der Waals surface area (Å²) in [6, 6.07) is 2.31. The third kappa shape index (κ3) is 5.02. The highest BCUT2D eigenvalue weighted by atomic mass is 32.2. The summed E-state index contributed by atoms with van der Waals surface area (Å²) in [7, 11) is -5.68. The van der Waals surface area contributed by atoms with Crippen molar-refractivity contribution < 1.29 is 30.8 Å². The van der Waals surface area contributed by atoms with E-state index in [1.807, 2.05) is 0 Å². The van der Waals surface area contributed by atoms with E-state index in [2.05, 4.69) is 5.32 Å². The summed E-state index contributed by atoms with van der Waals surface area (Å²) >= 11 is 0. The van der Waals surface area contributed by atoms with Crippen molar-refractivity contribution >= 4 is 21.4 Å². The number of hydrogen-bond acceptors (Lipinski definition) is 4. The molecule has 0 bridgehead atoms. The summed E-state index contributed by atoms with van der Waals surface area (Å²) in [5, 5.41) is 2.97. The molecule has 1 saturated carbocycles. The van der Waals surface area contributed by atoms with Crippen LogP contribution < -0.4 is 10.2 Å². The number of carbonyl (C=O) groups excluding carboxylic acids is 1. The molecule has 1 amide bonds. The van der Waals surface area contributed by atoms with Gasteiger partial charge in [-0.25, -0.2) is 12.8 Å². The van der Waals surface area contributed by atoms with Crippen LogP contribution in [0.4, 0.5) is 23.2 Å². The number of anilines is 1. The Labute approximate surface area is 167 Å². The first-order valence-electron chi connectivity index (χ1n) is 9.73. The molecule has 0 aromatic heterocycles. The molecule has 1 N–H and O–H groups in total. The fourth-order valence-corrected chi connectivity index (χ4v) is 5.11. The third-order valence-electron chi connectivity index (χ3n) is 5.67. The lowest BCUT2D eigenvalue weighted by molar-refractivity contribution is -0.122. The monoisotopic (exact) mass is 436 g/mol. The molecule has 0 unspecified atom stereocenters. The maximum atomic E-state index is 13.5. The molecule has 5 nitrogen and oxygen atoms in total. The Kier molecular flexibility index (Phi) is 6.40. The molecule has 1 aromatic carbocycles. The van der Waals surface area contributed by atoms with Gasteiger partial charge in [0.15, 0.2) is 0 Å². The van der Waals surface area contributed by atoms with E-state index in [1.54, 1.807) is 0 Å². The highest BCUT2D eigenvalue weighted by molar-refractivity contribution is 7.92. The molecule has 1 aromatic rings. The summed E-state index contributed by atoms with van der Waals surface area (Å²) in [5.74, 6) is -0.646. The second-order valence-electron chi connectivity index (χ2n) is 7.74. The largest absolute Gasteiger partial charge is 0.501 e. The van der Waals surface area contributed by atoms with E-state index in [9.17, 15) is 30.8 Å². The molecule has 1 heterocycles. The number of amides is 1. The van der Waals surface area contributed by atoms with Gasteiger partial charge in [-0.1, -0.05) is 12.8 Å². The van der Waals surface area contributed by atoms with Crippen molar-refractivity contribution in [2.24, 2.45) is 5.92 Å². The smallest absolute Gasteiger partial charge is 0.370 e. The van der Waals surface area contributed by atoms with Crippen molar-refractivity contribution in [3.63, 3.8) is 0 Å². The molecule has 3 rings (SSSR count). The van der Waals surface area contributed by atoms with Crippen molar-refractivity contribution in [3.05, 3.63) is 24.0 Å². The molecule has 2 aliphatic rings. The third-order valence-corrected chi connectivity index (χ3v) is 7.18. The second kappa shape index (κ2) is 8.49. The fraction of sp³-hybridized carbons (Fsp3) is 0.632. The van der Waals surface area contributed by atoms with Gasteiger partial charge in [0.25, 0.3) is 9.84 Å². The van der Waals surface area contributed by atoms with E-state index in [4.69, 9.17) is 0 Å². The Morgan fingerprint density at radius 2 is 1.72 bits per heavy atom. The van der Waals surface area contributed by atoms with Gasteiger partial charge in [0.2, 0.25) is 5.91 Å². The van der Waals surface area contributed by atoms with Gasteiger partial charge in [-0.15, -0.1) is 0 Å². The highest BCUT2D eigenvalue weighted by Crippen LogP contribution is 2.37. The number of benzene rings is 1. The zero-order valence-corrected chi connectivity index (χ0v) is 16.7. The topological polar surface area (TPSA) is 66.5 Å². The van der Waals surface area contributed by atoms with E-state index in [1.165, 1.54) is 4.90 Å². The number of nitrogens with one attached hydrogen (secondary N) is 1. The molecule has 1 aliphatic carbocycles. The fourth-order valence-electron chi connectivity index (χ4n) is 4.12. The Bertz CT molecular complexity index is 844. The van der Waals surface area contributed by atoms with Crippen LogP contribution >= 0.6 is 0 Å². The summed E-state index contributed by atoms with van der Waals surface area (Å²) in [6.45, 7) is 0.529. The number of carbonyl (C=O) groups is 1. The van der Waals surface area contributed by atoms with Gasteiger partial charge in [-0.05, 0) is 49.8 Å². The van der Waals surface area contributed by atoms with Crippen molar-refractivity contribution in [2.45, 2.75) is 61.4 Å². The van der Waals surface area contributed by atoms with Crippen molar-refractivity contribution in [1.29, 1.82) is 0 Å². The standard InChI is InChI=1S/C19H24F4N2O3S/c20-14-5-6-16(17(12-14)29(27,28)19(21,22)23)25-9-7-15(8-10-25)24-18(26)11-13-3-1-2-4-13/h5-6,12-13,15H,1-4,7-11H2,(H,24,26). The van der Waals surface area contributed by atoms with E-state index in [-0.39, 0.29) is 30.7 Å². The molecule has 0 spiro atoms. The number of nitrogens with zero attached hydrogens (tertiary/aromatic N) is 1. The minimum absolute atomic E-state index is 0.0162. The van der Waals surface area contributed by atoms with Crippen LogP contribution in [0.3, 0.4) is 0 Å². The maximum Gasteiger partial charge on any atom is 0.501 e. The summed E-state index contributed by atoms with van der Waals surface area (Å²) in [5.41, 5.74) is -5.68. The van der Waals surface area contributed by atoms with Crippen molar-refractivity contribution in [1.82, 2.24) is 5.32 Å². The van der Waals surface area contributed by atoms with Gasteiger partial charge in [-0.3, -0.25) is 4.79 Å². The summed E-state index contributed by atoms with van der Waals surface area (Å²) < 4.78 is 76.2. The lowest BCUT2D eigenvalue weighted by atomic mass is 10.0. The second-order valence-corrected chi connectivity index (χ2v) is 9.65. The highest BCUT2D eigenvalue weighted by Gasteiger charge is 2.48. The van der Waals surface area contributed by atoms with Crippen LogP contribution in [0.1, 0.15) is 44.9 Å². The van der Waals surface area contributed by atoms with Crippen LogP contribution in [0.15, 0.2) is 23.1 Å². The van der Waals surface area contributed by atoms with Gasteiger partial charge in [0, 0.05) is 25.6 Å². The van der Waals surface area contributed by atoms with Gasteiger partial charge in [0.05, 0.1) is 5.69 Å². The van der Waals surface area contributed by atoms with Crippen LogP contribution in [0.2, 0.25) is 0 Å². The van der Waals surface area contributed by atoms with E-state index >= 15 is 0 Å². The number of halogens is 4. The van der Waals surface area contributed by atoms with E-state index < -0.39 is 26.1 Å². The molecule has 0 atom stereocenters. The normalized spacial score (nSPS) is 19.5. The van der Waals surface area contributed by atoms with E-state index in [0.29, 0.717) is 31.2 Å². The zero-order chi connectivity index (χ0) is 21.2. The average Bonchev–Trinajstić information content (AvgIpc) is 3.14. The first-order valence-corrected chi connectivity index (χ1v) is 11.2. The molecule has 2 fully saturated rings. The number of piperidine rings is 1. The Balaban J connectivity index is 1.66. The number of rotatable bonds is 5. The van der Waals surface area contributed by atoms with E-state index in [0.717, 1.165) is 37.8 Å². The molecular weight excluding hydrogens is 412 g/mol. The zero-order valence-electron chi connectivity index (χ0n) is 15.8.